The fourth-order valence-electron chi connectivity index (χ4n) is 13.2. The molecule has 0 aliphatic heterocycles. The molecule has 0 saturated carbocycles. The molecule has 0 aliphatic carbocycles. The molecule has 442 valence electrons. The van der Waals surface area contributed by atoms with Crippen molar-refractivity contribution in [1.29, 1.82) is 0 Å². The van der Waals surface area contributed by atoms with Crippen LogP contribution in [0.25, 0.3) is 168 Å². The maximum absolute atomic E-state index is 5.35. The number of benzene rings is 13. The van der Waals surface area contributed by atoms with Crippen LogP contribution in [0.4, 0.5) is 0 Å². The lowest BCUT2D eigenvalue weighted by molar-refractivity contribution is 1.07. The summed E-state index contributed by atoms with van der Waals surface area (Å²) in [4.78, 5) is 31.5. The Morgan fingerprint density at radius 2 is 0.543 bits per heavy atom. The average Bonchev–Trinajstić information content (AvgIpc) is 1.57. The third-order valence-corrected chi connectivity index (χ3v) is 18.0. The quantitative estimate of drug-likeness (QED) is 0.121. The number of nitrogens with zero attached hydrogens (tertiary/aromatic N) is 8. The summed E-state index contributed by atoms with van der Waals surface area (Å²) in [5.74, 6) is 3.50. The zero-order valence-electron chi connectivity index (χ0n) is 51.6. The monoisotopic (exact) mass is 1200 g/mol. The molecule has 0 N–H and O–H groups in total. The summed E-state index contributed by atoms with van der Waals surface area (Å²) in [5.41, 5.74) is 22.7. The second-order valence-corrected chi connectivity index (χ2v) is 24.1. The van der Waals surface area contributed by atoms with Gasteiger partial charge in [-0.3, -0.25) is 0 Å². The van der Waals surface area contributed by atoms with Crippen LogP contribution in [0.1, 0.15) is 11.1 Å². The number of rotatable bonds is 12. The van der Waals surface area contributed by atoms with E-state index in [9.17, 15) is 0 Å². The van der Waals surface area contributed by atoms with Crippen molar-refractivity contribution in [2.24, 2.45) is 0 Å². The summed E-state index contributed by atoms with van der Waals surface area (Å²) in [6.07, 6.45) is 0. The molecule has 0 saturated heterocycles. The Hall–Kier alpha value is -12.5. The molecule has 0 unspecified atom stereocenters. The van der Waals surface area contributed by atoms with Gasteiger partial charge < -0.3 is 9.13 Å². The van der Waals surface area contributed by atoms with Gasteiger partial charge in [0.1, 0.15) is 0 Å². The first-order valence-corrected chi connectivity index (χ1v) is 31.7. The molecule has 0 spiro atoms. The van der Waals surface area contributed by atoms with Gasteiger partial charge in [-0.05, 0) is 132 Å². The van der Waals surface area contributed by atoms with Gasteiger partial charge in [0.2, 0.25) is 0 Å². The molecular formula is C86H58N8. The van der Waals surface area contributed by atoms with Crippen molar-refractivity contribution in [1.82, 2.24) is 39.0 Å². The van der Waals surface area contributed by atoms with Gasteiger partial charge in [-0.1, -0.05) is 248 Å². The van der Waals surface area contributed by atoms with Gasteiger partial charge in [0.25, 0.3) is 0 Å². The molecule has 0 fully saturated rings. The van der Waals surface area contributed by atoms with E-state index in [-0.39, 0.29) is 0 Å². The molecule has 17 aromatic rings. The Labute approximate surface area is 544 Å². The second kappa shape index (κ2) is 23.4. The summed E-state index contributed by atoms with van der Waals surface area (Å²) >= 11 is 0. The largest absolute Gasteiger partial charge is 0.309 e. The van der Waals surface area contributed by atoms with Crippen molar-refractivity contribution in [3.05, 3.63) is 327 Å². The number of hydrogen-bond acceptors (Lipinski definition) is 6. The standard InChI is InChI=1S/C86H58N8/c1-55-34-38-57(39-35-55)64-42-45-79-74(52-64)71-30-15-17-32-76(71)93(79)70-50-68(49-69(51-70)86-91-83(61-24-11-5-12-25-61)88-84(92-86)62-26-13-6-14-27-62)63-28-19-29-66(48-63)73-54-67(85-89-81(59-20-7-3-8-21-59)87-82(90-85)60-22-9-4-10-23-60)44-47-78(73)94-77-33-18-16-31-72(77)75-53-65(43-46-80(75)94)58-40-36-56(2)37-41-58/h3-54H,1-2H3. The van der Waals surface area contributed by atoms with Crippen molar-refractivity contribution in [2.45, 2.75) is 13.8 Å². The van der Waals surface area contributed by atoms with Crippen LogP contribution in [-0.2, 0) is 0 Å². The molecule has 17 rings (SSSR count). The van der Waals surface area contributed by atoms with Crippen LogP contribution in [0.15, 0.2) is 315 Å². The van der Waals surface area contributed by atoms with Gasteiger partial charge in [-0.15, -0.1) is 0 Å². The first kappa shape index (κ1) is 55.5. The minimum atomic E-state index is 0.559. The van der Waals surface area contributed by atoms with Gasteiger partial charge in [-0.25, -0.2) is 29.9 Å². The topological polar surface area (TPSA) is 87.2 Å². The zero-order valence-corrected chi connectivity index (χ0v) is 51.6. The SMILES string of the molecule is Cc1ccc(-c2ccc3c(c2)c2ccccc2n3-c2cc(-c3cccc(-c4cc(-c5nc(-c6ccccc6)nc(-c6ccccc6)n5)ccc4-n4c5ccccc5c5cc(-c6ccc(C)cc6)ccc54)c3)cc(-c3nc(-c4ccccc4)nc(-c4ccccc4)n3)c2)cc1. The minimum absolute atomic E-state index is 0.559. The minimum Gasteiger partial charge on any atom is -0.309 e. The van der Waals surface area contributed by atoms with Crippen LogP contribution in [0, 0.1) is 13.8 Å². The molecular weight excluding hydrogens is 1150 g/mol. The van der Waals surface area contributed by atoms with Crippen molar-refractivity contribution in [3.63, 3.8) is 0 Å². The summed E-state index contributed by atoms with van der Waals surface area (Å²) in [7, 11) is 0. The Bertz CT molecular complexity index is 5610. The number of hydrogen-bond donors (Lipinski definition) is 0. The van der Waals surface area contributed by atoms with E-state index < -0.39 is 0 Å². The lowest BCUT2D eigenvalue weighted by Gasteiger charge is -2.18. The summed E-state index contributed by atoms with van der Waals surface area (Å²) in [6, 6.07) is 112. The molecule has 8 nitrogen and oxygen atoms in total. The van der Waals surface area contributed by atoms with Crippen LogP contribution >= 0.6 is 0 Å². The van der Waals surface area contributed by atoms with E-state index in [0.717, 1.165) is 116 Å². The van der Waals surface area contributed by atoms with E-state index in [1.165, 1.54) is 27.6 Å². The van der Waals surface area contributed by atoms with E-state index in [0.29, 0.717) is 34.9 Å². The van der Waals surface area contributed by atoms with Gasteiger partial charge in [-0.2, -0.15) is 0 Å². The van der Waals surface area contributed by atoms with E-state index in [4.69, 9.17) is 29.9 Å². The first-order valence-electron chi connectivity index (χ1n) is 31.7. The van der Waals surface area contributed by atoms with E-state index in [1.54, 1.807) is 0 Å². The number of para-hydroxylation sites is 2. The van der Waals surface area contributed by atoms with Crippen LogP contribution < -0.4 is 0 Å². The second-order valence-electron chi connectivity index (χ2n) is 24.1. The molecule has 8 heteroatoms. The Morgan fingerprint density at radius 3 is 1.03 bits per heavy atom. The van der Waals surface area contributed by atoms with Crippen LogP contribution in [0.5, 0.6) is 0 Å². The van der Waals surface area contributed by atoms with Crippen molar-refractivity contribution < 1.29 is 0 Å². The molecule has 0 atom stereocenters. The lowest BCUT2D eigenvalue weighted by Crippen LogP contribution is -2.02. The Kier molecular flexibility index (Phi) is 13.8. The Balaban J connectivity index is 0.902. The highest BCUT2D eigenvalue weighted by atomic mass is 15.1. The maximum atomic E-state index is 5.35. The average molecular weight is 1200 g/mol. The molecule has 4 aromatic heterocycles. The highest BCUT2D eigenvalue weighted by Crippen LogP contribution is 2.43. The number of aryl methyl sites for hydroxylation is 2. The van der Waals surface area contributed by atoms with E-state index in [1.807, 2.05) is 72.8 Å². The van der Waals surface area contributed by atoms with Crippen molar-refractivity contribution in [2.75, 3.05) is 0 Å². The smallest absolute Gasteiger partial charge is 0.164 e. The molecule has 94 heavy (non-hydrogen) atoms. The molecule has 4 heterocycles. The van der Waals surface area contributed by atoms with Crippen LogP contribution in [-0.4, -0.2) is 39.0 Å². The highest BCUT2D eigenvalue weighted by molar-refractivity contribution is 6.12. The third kappa shape index (κ3) is 10.3. The van der Waals surface area contributed by atoms with E-state index in [2.05, 4.69) is 266 Å². The van der Waals surface area contributed by atoms with Gasteiger partial charge in [0.15, 0.2) is 34.9 Å². The van der Waals surface area contributed by atoms with Gasteiger partial charge in [0.05, 0.1) is 27.8 Å². The Morgan fingerprint density at radius 1 is 0.202 bits per heavy atom. The summed E-state index contributed by atoms with van der Waals surface area (Å²) in [5, 5.41) is 4.65. The third-order valence-electron chi connectivity index (χ3n) is 18.0. The van der Waals surface area contributed by atoms with Gasteiger partial charge >= 0.3 is 0 Å². The fraction of sp³-hybridized carbons (Fsp3) is 0.0233. The predicted molar refractivity (Wildman–Crippen MR) is 386 cm³/mol. The van der Waals surface area contributed by atoms with Crippen LogP contribution in [0.2, 0.25) is 0 Å². The molecule has 0 bridgehead atoms. The molecule has 0 amide bonds. The van der Waals surface area contributed by atoms with Crippen molar-refractivity contribution >= 4 is 43.6 Å². The summed E-state index contributed by atoms with van der Waals surface area (Å²) in [6.45, 7) is 4.26. The number of aromatic nitrogens is 8. The highest BCUT2D eigenvalue weighted by Gasteiger charge is 2.23. The van der Waals surface area contributed by atoms with Crippen LogP contribution in [0.3, 0.4) is 0 Å². The van der Waals surface area contributed by atoms with Gasteiger partial charge in [0, 0.05) is 66.2 Å². The van der Waals surface area contributed by atoms with Crippen molar-refractivity contribution in [3.8, 4) is 124 Å². The predicted octanol–water partition coefficient (Wildman–Crippen LogP) is 21.5. The molecule has 0 radical (unpaired) electrons. The summed E-state index contributed by atoms with van der Waals surface area (Å²) < 4.78 is 4.82. The molecule has 0 aliphatic rings. The molecule has 13 aromatic carbocycles. The van der Waals surface area contributed by atoms with E-state index >= 15 is 0 Å². The number of fused-ring (bicyclic) bond motifs is 6. The fourth-order valence-corrected chi connectivity index (χ4v) is 13.2. The normalized spacial score (nSPS) is 11.5. The maximum Gasteiger partial charge on any atom is 0.164 e. The zero-order chi connectivity index (χ0) is 62.6. The first-order chi connectivity index (χ1) is 46.4. The lowest BCUT2D eigenvalue weighted by atomic mass is 9.95.